The first-order valence-electron chi connectivity index (χ1n) is 8.24. The second-order valence-corrected chi connectivity index (χ2v) is 14.0. The smallest absolute Gasteiger partial charge is 0.192 e. The topological polar surface area (TPSA) is 26.3 Å². The molecule has 0 N–H and O–H groups in total. The van der Waals surface area contributed by atoms with Gasteiger partial charge in [-0.1, -0.05) is 47.6 Å². The van der Waals surface area contributed by atoms with Crippen LogP contribution in [0.1, 0.15) is 54.4 Å². The molecule has 2 rings (SSSR count). The Morgan fingerprint density at radius 1 is 1.19 bits per heavy atom. The van der Waals surface area contributed by atoms with Crippen LogP contribution in [0.2, 0.25) is 18.1 Å². The van der Waals surface area contributed by atoms with Gasteiger partial charge >= 0.3 is 0 Å². The number of fused-ring (bicyclic) bond motifs is 1. The number of carbonyl (C=O) groups excluding carboxylic acids is 1. The first kappa shape index (κ1) is 16.9. The van der Waals surface area contributed by atoms with Crippen LogP contribution in [0.25, 0.3) is 0 Å². The molecule has 0 bridgehead atoms. The summed E-state index contributed by atoms with van der Waals surface area (Å²) in [4.78, 5) is 12.2. The van der Waals surface area contributed by atoms with Gasteiger partial charge in [-0.2, -0.15) is 0 Å². The molecule has 1 fully saturated rings. The molecule has 0 saturated heterocycles. The molecule has 0 spiro atoms. The monoisotopic (exact) mass is 308 g/mol. The summed E-state index contributed by atoms with van der Waals surface area (Å²) in [5.41, 5.74) is -0.248. The molecular formula is C18H32O2Si. The van der Waals surface area contributed by atoms with E-state index < -0.39 is 8.32 Å². The molecule has 3 heteroatoms. The molecule has 2 nitrogen and oxygen atoms in total. The van der Waals surface area contributed by atoms with E-state index in [0.29, 0.717) is 5.92 Å². The molecule has 2 aliphatic rings. The van der Waals surface area contributed by atoms with Crippen molar-refractivity contribution in [1.29, 1.82) is 0 Å². The Balaban J connectivity index is 2.30. The average molecular weight is 309 g/mol. The number of ketones is 1. The molecule has 1 saturated carbocycles. The highest BCUT2D eigenvalue weighted by molar-refractivity contribution is 6.74. The summed E-state index contributed by atoms with van der Waals surface area (Å²) in [7, 11) is -1.78. The highest BCUT2D eigenvalue weighted by atomic mass is 28.4. The van der Waals surface area contributed by atoms with Crippen molar-refractivity contribution in [1.82, 2.24) is 0 Å². The van der Waals surface area contributed by atoms with Crippen LogP contribution in [0.15, 0.2) is 12.2 Å². The Morgan fingerprint density at radius 2 is 1.76 bits per heavy atom. The molecule has 0 aromatic heterocycles. The highest BCUT2D eigenvalue weighted by Gasteiger charge is 2.57. The fourth-order valence-corrected chi connectivity index (χ4v) is 5.32. The van der Waals surface area contributed by atoms with Crippen molar-refractivity contribution in [3.05, 3.63) is 12.2 Å². The summed E-state index contributed by atoms with van der Waals surface area (Å²) in [6.07, 6.45) is 6.39. The van der Waals surface area contributed by atoms with Gasteiger partial charge in [-0.3, -0.25) is 4.79 Å². The highest BCUT2D eigenvalue weighted by Crippen LogP contribution is 2.57. The lowest BCUT2D eigenvalue weighted by atomic mass is 9.60. The van der Waals surface area contributed by atoms with Crippen LogP contribution in [-0.4, -0.2) is 20.2 Å². The lowest BCUT2D eigenvalue weighted by Crippen LogP contribution is -2.50. The second kappa shape index (κ2) is 4.79. The van der Waals surface area contributed by atoms with Crippen molar-refractivity contribution in [2.24, 2.45) is 16.7 Å². The van der Waals surface area contributed by atoms with Gasteiger partial charge in [0.2, 0.25) is 0 Å². The van der Waals surface area contributed by atoms with Crippen LogP contribution in [-0.2, 0) is 9.22 Å². The zero-order chi connectivity index (χ0) is 16.3. The van der Waals surface area contributed by atoms with Gasteiger partial charge in [-0.15, -0.1) is 0 Å². The molecule has 0 amide bonds. The normalized spacial score (nSPS) is 35.9. The third-order valence-corrected chi connectivity index (χ3v) is 11.0. The van der Waals surface area contributed by atoms with Crippen LogP contribution in [0, 0.1) is 16.7 Å². The molecule has 0 aromatic carbocycles. The maximum Gasteiger partial charge on any atom is 0.192 e. The Morgan fingerprint density at radius 3 is 2.29 bits per heavy atom. The first-order chi connectivity index (χ1) is 9.32. The van der Waals surface area contributed by atoms with E-state index in [4.69, 9.17) is 4.43 Å². The minimum atomic E-state index is -1.78. The molecule has 0 heterocycles. The fourth-order valence-electron chi connectivity index (χ4n) is 3.89. The van der Waals surface area contributed by atoms with Gasteiger partial charge in [0, 0.05) is 10.8 Å². The number of allylic oxidation sites excluding steroid dienone is 1. The number of hydrogen-bond acceptors (Lipinski definition) is 2. The van der Waals surface area contributed by atoms with E-state index >= 15 is 0 Å². The second-order valence-electron chi connectivity index (χ2n) is 9.28. The molecular weight excluding hydrogens is 276 g/mol. The van der Waals surface area contributed by atoms with Crippen molar-refractivity contribution in [2.75, 3.05) is 0 Å². The van der Waals surface area contributed by atoms with E-state index in [0.717, 1.165) is 12.8 Å². The third kappa shape index (κ3) is 2.57. The maximum atomic E-state index is 12.2. The Labute approximate surface area is 131 Å². The predicted molar refractivity (Wildman–Crippen MR) is 90.8 cm³/mol. The summed E-state index contributed by atoms with van der Waals surface area (Å²) in [5, 5.41) is 0.227. The summed E-state index contributed by atoms with van der Waals surface area (Å²) < 4.78 is 6.74. The zero-order valence-electron chi connectivity index (χ0n) is 15.0. The van der Waals surface area contributed by atoms with Gasteiger partial charge in [0.15, 0.2) is 14.1 Å². The zero-order valence-corrected chi connectivity index (χ0v) is 16.0. The largest absolute Gasteiger partial charge is 0.413 e. The van der Waals surface area contributed by atoms with E-state index in [1.54, 1.807) is 0 Å². The van der Waals surface area contributed by atoms with E-state index in [-0.39, 0.29) is 27.8 Å². The molecule has 0 aliphatic heterocycles. The van der Waals surface area contributed by atoms with Gasteiger partial charge in [0.25, 0.3) is 0 Å². The standard InChI is InChI=1S/C18H32O2Si/c1-16(2,3)21(7,8)20-15-10-9-13-17(4,5)14(19)11-12-18(13,15)6/h11-13,15H,9-10H2,1-8H3/t13-,15-,18-/m0/s1. The van der Waals surface area contributed by atoms with E-state index in [1.165, 1.54) is 0 Å². The van der Waals surface area contributed by atoms with Crippen molar-refractivity contribution in [3.63, 3.8) is 0 Å². The summed E-state index contributed by atoms with van der Waals surface area (Å²) in [5.74, 6) is 0.676. The summed E-state index contributed by atoms with van der Waals surface area (Å²) in [6, 6.07) is 0. The van der Waals surface area contributed by atoms with Gasteiger partial charge in [0.1, 0.15) is 0 Å². The third-order valence-electron chi connectivity index (χ3n) is 6.51. The van der Waals surface area contributed by atoms with Crippen molar-refractivity contribution in [3.8, 4) is 0 Å². The quantitative estimate of drug-likeness (QED) is 0.674. The van der Waals surface area contributed by atoms with Crippen LogP contribution in [0.5, 0.6) is 0 Å². The molecule has 0 unspecified atom stereocenters. The minimum absolute atomic E-state index is 0.00688. The lowest BCUT2D eigenvalue weighted by molar-refractivity contribution is -0.128. The van der Waals surface area contributed by atoms with Gasteiger partial charge in [-0.25, -0.2) is 0 Å². The van der Waals surface area contributed by atoms with Crippen molar-refractivity contribution < 1.29 is 9.22 Å². The van der Waals surface area contributed by atoms with E-state index in [1.807, 2.05) is 6.08 Å². The molecule has 3 atom stereocenters. The lowest BCUT2D eigenvalue weighted by Gasteiger charge is -2.47. The Hall–Kier alpha value is -0.413. The number of hydrogen-bond donors (Lipinski definition) is 0. The number of rotatable bonds is 2. The maximum absolute atomic E-state index is 12.2. The van der Waals surface area contributed by atoms with Gasteiger partial charge in [-0.05, 0) is 43.0 Å². The van der Waals surface area contributed by atoms with E-state index in [9.17, 15) is 4.79 Å². The van der Waals surface area contributed by atoms with Crippen LogP contribution >= 0.6 is 0 Å². The minimum Gasteiger partial charge on any atom is -0.413 e. The SMILES string of the molecule is CC1(C)C(=O)C=C[C@]2(C)[C@@H](O[Si](C)(C)C(C)(C)C)CC[C@@H]12. The molecule has 21 heavy (non-hydrogen) atoms. The Bertz CT molecular complexity index is 470. The molecule has 0 radical (unpaired) electrons. The number of carbonyl (C=O) groups is 1. The van der Waals surface area contributed by atoms with Crippen molar-refractivity contribution >= 4 is 14.1 Å². The molecule has 2 aliphatic carbocycles. The van der Waals surface area contributed by atoms with Crippen LogP contribution in [0.4, 0.5) is 0 Å². The van der Waals surface area contributed by atoms with Crippen LogP contribution in [0.3, 0.4) is 0 Å². The average Bonchev–Trinajstić information content (AvgIpc) is 2.62. The van der Waals surface area contributed by atoms with Gasteiger partial charge in [0.05, 0.1) is 6.10 Å². The summed E-state index contributed by atoms with van der Waals surface area (Å²) in [6.45, 7) is 18.0. The predicted octanol–water partition coefficient (Wildman–Crippen LogP) is 4.96. The van der Waals surface area contributed by atoms with Gasteiger partial charge < -0.3 is 4.43 Å². The van der Waals surface area contributed by atoms with Crippen LogP contribution < -0.4 is 0 Å². The molecule has 0 aromatic rings. The fraction of sp³-hybridized carbons (Fsp3) is 0.833. The van der Waals surface area contributed by atoms with E-state index in [2.05, 4.69) is 60.7 Å². The Kier molecular flexibility index (Phi) is 3.87. The summed E-state index contributed by atoms with van der Waals surface area (Å²) >= 11 is 0. The first-order valence-corrected chi connectivity index (χ1v) is 11.1. The molecule has 120 valence electrons. The van der Waals surface area contributed by atoms with Crippen molar-refractivity contribution in [2.45, 2.75) is 78.6 Å².